The van der Waals surface area contributed by atoms with E-state index in [1.165, 1.54) is 58.0 Å². The Balaban J connectivity index is 1.85. The summed E-state index contributed by atoms with van der Waals surface area (Å²) >= 11 is 0. The summed E-state index contributed by atoms with van der Waals surface area (Å²) in [6, 6.07) is 0.609. The first kappa shape index (κ1) is 16.9. The molecule has 1 fully saturated rings. The van der Waals surface area contributed by atoms with Gasteiger partial charge < -0.3 is 10.1 Å². The summed E-state index contributed by atoms with van der Waals surface area (Å²) < 4.78 is 5.37. The van der Waals surface area contributed by atoms with Gasteiger partial charge in [-0.3, -0.25) is 4.90 Å². The summed E-state index contributed by atoms with van der Waals surface area (Å²) in [4.78, 5) is 2.51. The molecule has 0 bridgehead atoms. The molecule has 3 nitrogen and oxygen atoms in total. The van der Waals surface area contributed by atoms with Gasteiger partial charge in [-0.05, 0) is 19.9 Å². The maximum atomic E-state index is 5.37. The van der Waals surface area contributed by atoms with Gasteiger partial charge in [0.05, 0.1) is 13.2 Å². The van der Waals surface area contributed by atoms with Gasteiger partial charge in [-0.1, -0.05) is 45.4 Å². The van der Waals surface area contributed by atoms with Crippen LogP contribution in [0.15, 0.2) is 0 Å². The van der Waals surface area contributed by atoms with E-state index >= 15 is 0 Å². The number of hydrogen-bond acceptors (Lipinski definition) is 3. The molecule has 0 aromatic heterocycles. The van der Waals surface area contributed by atoms with Crippen LogP contribution in [0.5, 0.6) is 0 Å². The third kappa shape index (κ3) is 9.42. The van der Waals surface area contributed by atoms with Crippen LogP contribution in [0, 0.1) is 0 Å². The first-order chi connectivity index (χ1) is 9.33. The number of unbranched alkanes of at least 4 members (excludes halogenated alkanes) is 6. The molecular formula is C16H34N2O. The quantitative estimate of drug-likeness (QED) is 0.584. The van der Waals surface area contributed by atoms with Gasteiger partial charge in [0.25, 0.3) is 0 Å². The monoisotopic (exact) mass is 270 g/mol. The minimum Gasteiger partial charge on any atom is -0.379 e. The van der Waals surface area contributed by atoms with Gasteiger partial charge in [0.15, 0.2) is 0 Å². The second-order valence-corrected chi connectivity index (χ2v) is 5.89. The molecule has 1 N–H and O–H groups in total. The minimum atomic E-state index is 0.609. The number of ether oxygens (including phenoxy) is 1. The van der Waals surface area contributed by atoms with Crippen molar-refractivity contribution in [1.29, 1.82) is 0 Å². The lowest BCUT2D eigenvalue weighted by atomic mass is 10.1. The van der Waals surface area contributed by atoms with Gasteiger partial charge in [-0.15, -0.1) is 0 Å². The fraction of sp³-hybridized carbons (Fsp3) is 1.00. The maximum Gasteiger partial charge on any atom is 0.0594 e. The second kappa shape index (κ2) is 11.7. The third-order valence-corrected chi connectivity index (χ3v) is 3.91. The molecule has 1 heterocycles. The molecule has 0 spiro atoms. The summed E-state index contributed by atoms with van der Waals surface area (Å²) in [5.41, 5.74) is 0. The Hall–Kier alpha value is -0.120. The summed E-state index contributed by atoms with van der Waals surface area (Å²) in [7, 11) is 0. The van der Waals surface area contributed by atoms with Gasteiger partial charge >= 0.3 is 0 Å². The molecule has 1 rings (SSSR count). The Bertz CT molecular complexity index is 193. The van der Waals surface area contributed by atoms with E-state index in [9.17, 15) is 0 Å². The molecule has 1 atom stereocenters. The lowest BCUT2D eigenvalue weighted by Gasteiger charge is -2.29. The maximum absolute atomic E-state index is 5.37. The van der Waals surface area contributed by atoms with Crippen molar-refractivity contribution in [3.05, 3.63) is 0 Å². The lowest BCUT2D eigenvalue weighted by molar-refractivity contribution is 0.0344. The molecule has 0 aromatic carbocycles. The first-order valence-corrected chi connectivity index (χ1v) is 8.36. The first-order valence-electron chi connectivity index (χ1n) is 8.36. The zero-order chi connectivity index (χ0) is 13.8. The number of rotatable bonds is 11. The predicted octanol–water partition coefficient (Wildman–Crippen LogP) is 3.05. The van der Waals surface area contributed by atoms with E-state index in [2.05, 4.69) is 24.1 Å². The Morgan fingerprint density at radius 1 is 1.00 bits per heavy atom. The number of morpholine rings is 1. The van der Waals surface area contributed by atoms with Crippen LogP contribution >= 0.6 is 0 Å². The van der Waals surface area contributed by atoms with Crippen LogP contribution in [0.3, 0.4) is 0 Å². The van der Waals surface area contributed by atoms with Crippen molar-refractivity contribution in [1.82, 2.24) is 10.2 Å². The molecular weight excluding hydrogens is 236 g/mol. The van der Waals surface area contributed by atoms with Gasteiger partial charge in [0.2, 0.25) is 0 Å². The predicted molar refractivity (Wildman–Crippen MR) is 82.7 cm³/mol. The molecule has 0 amide bonds. The van der Waals surface area contributed by atoms with Crippen LogP contribution < -0.4 is 5.32 Å². The molecule has 0 saturated carbocycles. The molecule has 0 radical (unpaired) electrons. The average molecular weight is 270 g/mol. The Morgan fingerprint density at radius 3 is 2.32 bits per heavy atom. The summed E-state index contributed by atoms with van der Waals surface area (Å²) in [5.74, 6) is 0. The fourth-order valence-electron chi connectivity index (χ4n) is 2.67. The van der Waals surface area contributed by atoms with Crippen molar-refractivity contribution in [2.24, 2.45) is 0 Å². The minimum absolute atomic E-state index is 0.609. The molecule has 1 aliphatic heterocycles. The molecule has 0 aliphatic carbocycles. The van der Waals surface area contributed by atoms with Crippen LogP contribution in [0.1, 0.15) is 58.8 Å². The van der Waals surface area contributed by atoms with Crippen molar-refractivity contribution >= 4 is 0 Å². The highest BCUT2D eigenvalue weighted by Crippen LogP contribution is 2.06. The molecule has 1 unspecified atom stereocenters. The standard InChI is InChI=1S/C16H34N2O/c1-3-4-5-6-7-8-9-10-17-16(2)15-18-11-13-19-14-12-18/h16-17H,3-15H2,1-2H3. The molecule has 3 heteroatoms. The van der Waals surface area contributed by atoms with Crippen molar-refractivity contribution < 1.29 is 4.74 Å². The van der Waals surface area contributed by atoms with Crippen LogP contribution in [0.2, 0.25) is 0 Å². The molecule has 1 aliphatic rings. The van der Waals surface area contributed by atoms with E-state index in [1.54, 1.807) is 0 Å². The van der Waals surface area contributed by atoms with E-state index in [-0.39, 0.29) is 0 Å². The topological polar surface area (TPSA) is 24.5 Å². The number of hydrogen-bond donors (Lipinski definition) is 1. The highest BCUT2D eigenvalue weighted by Gasteiger charge is 2.12. The van der Waals surface area contributed by atoms with Gasteiger partial charge in [0, 0.05) is 25.7 Å². The summed E-state index contributed by atoms with van der Waals surface area (Å²) in [5, 5.41) is 3.65. The fourth-order valence-corrected chi connectivity index (χ4v) is 2.67. The molecule has 19 heavy (non-hydrogen) atoms. The zero-order valence-electron chi connectivity index (χ0n) is 13.1. The van der Waals surface area contributed by atoms with Crippen LogP contribution in [0.4, 0.5) is 0 Å². The molecule has 114 valence electrons. The Labute approximate surface area is 120 Å². The van der Waals surface area contributed by atoms with Crippen molar-refractivity contribution in [2.45, 2.75) is 64.8 Å². The lowest BCUT2D eigenvalue weighted by Crippen LogP contribution is -2.44. The van der Waals surface area contributed by atoms with E-state index in [0.717, 1.165) is 26.3 Å². The molecule has 1 saturated heterocycles. The number of nitrogens with zero attached hydrogens (tertiary/aromatic N) is 1. The van der Waals surface area contributed by atoms with Crippen LogP contribution in [-0.2, 0) is 4.74 Å². The van der Waals surface area contributed by atoms with Gasteiger partial charge in [-0.25, -0.2) is 0 Å². The van der Waals surface area contributed by atoms with E-state index in [1.807, 2.05) is 0 Å². The van der Waals surface area contributed by atoms with E-state index in [4.69, 9.17) is 4.74 Å². The van der Waals surface area contributed by atoms with E-state index < -0.39 is 0 Å². The molecule has 0 aromatic rings. The Kier molecular flexibility index (Phi) is 10.4. The number of nitrogens with one attached hydrogen (secondary N) is 1. The van der Waals surface area contributed by atoms with Crippen molar-refractivity contribution in [3.8, 4) is 0 Å². The largest absolute Gasteiger partial charge is 0.379 e. The smallest absolute Gasteiger partial charge is 0.0594 e. The third-order valence-electron chi connectivity index (χ3n) is 3.91. The van der Waals surface area contributed by atoms with Crippen molar-refractivity contribution in [2.75, 3.05) is 39.4 Å². The van der Waals surface area contributed by atoms with Crippen LogP contribution in [-0.4, -0.2) is 50.3 Å². The second-order valence-electron chi connectivity index (χ2n) is 5.89. The van der Waals surface area contributed by atoms with Crippen molar-refractivity contribution in [3.63, 3.8) is 0 Å². The highest BCUT2D eigenvalue weighted by molar-refractivity contribution is 4.69. The summed E-state index contributed by atoms with van der Waals surface area (Å²) in [6.45, 7) is 10.9. The summed E-state index contributed by atoms with van der Waals surface area (Å²) in [6.07, 6.45) is 9.75. The highest BCUT2D eigenvalue weighted by atomic mass is 16.5. The van der Waals surface area contributed by atoms with E-state index in [0.29, 0.717) is 6.04 Å². The zero-order valence-corrected chi connectivity index (χ0v) is 13.1. The SMILES string of the molecule is CCCCCCCCCNC(C)CN1CCOCC1. The van der Waals surface area contributed by atoms with Crippen LogP contribution in [0.25, 0.3) is 0 Å². The average Bonchev–Trinajstić information content (AvgIpc) is 2.43. The normalized spacial score (nSPS) is 18.6. The van der Waals surface area contributed by atoms with Gasteiger partial charge in [-0.2, -0.15) is 0 Å². The Morgan fingerprint density at radius 2 is 1.63 bits per heavy atom. The van der Waals surface area contributed by atoms with Gasteiger partial charge in [0.1, 0.15) is 0 Å².